The van der Waals surface area contributed by atoms with Crippen molar-refractivity contribution < 1.29 is 0 Å². The third-order valence-corrected chi connectivity index (χ3v) is 3.65. The van der Waals surface area contributed by atoms with Crippen LogP contribution in [0.5, 0.6) is 0 Å². The lowest BCUT2D eigenvalue weighted by atomic mass is 10.0. The molecule has 0 amide bonds. The second kappa shape index (κ2) is 6.40. The summed E-state index contributed by atoms with van der Waals surface area (Å²) in [6.45, 7) is 4.32. The number of nitrogens with zero attached hydrogens (tertiary/aromatic N) is 3. The molecule has 1 aromatic heterocycles. The van der Waals surface area contributed by atoms with Crippen molar-refractivity contribution in [2.45, 2.75) is 24.8 Å². The number of nitriles is 1. The van der Waals surface area contributed by atoms with E-state index in [2.05, 4.69) is 47.3 Å². The SMILES string of the molecule is CSc1ncnc(Nc2ccc(C(C)C)cc2)c1C#N. The molecule has 1 heterocycles. The smallest absolute Gasteiger partial charge is 0.152 e. The molecule has 0 atom stereocenters. The minimum atomic E-state index is 0.480. The van der Waals surface area contributed by atoms with Gasteiger partial charge >= 0.3 is 0 Å². The highest BCUT2D eigenvalue weighted by Crippen LogP contribution is 2.25. The van der Waals surface area contributed by atoms with Crippen LogP contribution in [0.1, 0.15) is 30.9 Å². The Hall–Kier alpha value is -2.06. The van der Waals surface area contributed by atoms with Crippen molar-refractivity contribution in [1.82, 2.24) is 9.97 Å². The molecule has 102 valence electrons. The van der Waals surface area contributed by atoms with Crippen molar-refractivity contribution in [3.63, 3.8) is 0 Å². The van der Waals surface area contributed by atoms with Gasteiger partial charge in [0.2, 0.25) is 0 Å². The molecule has 0 saturated heterocycles. The maximum absolute atomic E-state index is 9.24. The highest BCUT2D eigenvalue weighted by atomic mass is 32.2. The molecule has 0 spiro atoms. The highest BCUT2D eigenvalue weighted by molar-refractivity contribution is 7.98. The molecule has 5 heteroatoms. The van der Waals surface area contributed by atoms with Crippen LogP contribution in [-0.2, 0) is 0 Å². The Kier molecular flexibility index (Phi) is 4.59. The Morgan fingerprint density at radius 2 is 1.90 bits per heavy atom. The summed E-state index contributed by atoms with van der Waals surface area (Å²) in [7, 11) is 0. The average molecular weight is 284 g/mol. The highest BCUT2D eigenvalue weighted by Gasteiger charge is 2.10. The number of thioether (sulfide) groups is 1. The maximum Gasteiger partial charge on any atom is 0.152 e. The number of hydrogen-bond donors (Lipinski definition) is 1. The minimum Gasteiger partial charge on any atom is -0.339 e. The molecule has 4 nitrogen and oxygen atoms in total. The summed E-state index contributed by atoms with van der Waals surface area (Å²) in [6, 6.07) is 10.3. The maximum atomic E-state index is 9.24. The van der Waals surface area contributed by atoms with Gasteiger partial charge < -0.3 is 5.32 Å². The molecule has 0 aliphatic rings. The molecule has 0 radical (unpaired) electrons. The monoisotopic (exact) mass is 284 g/mol. The van der Waals surface area contributed by atoms with Gasteiger partial charge in [0.15, 0.2) is 5.82 Å². The van der Waals surface area contributed by atoms with Crippen LogP contribution >= 0.6 is 11.8 Å². The molecule has 0 aliphatic heterocycles. The summed E-state index contributed by atoms with van der Waals surface area (Å²) in [5, 5.41) is 13.1. The normalized spacial score (nSPS) is 10.3. The molecule has 1 aromatic carbocycles. The third-order valence-electron chi connectivity index (χ3n) is 2.96. The molecular formula is C15H16N4S. The van der Waals surface area contributed by atoms with E-state index in [9.17, 15) is 5.26 Å². The van der Waals surface area contributed by atoms with Crippen molar-refractivity contribution in [3.8, 4) is 6.07 Å². The van der Waals surface area contributed by atoms with Gasteiger partial charge in [-0.05, 0) is 29.9 Å². The minimum absolute atomic E-state index is 0.480. The first-order chi connectivity index (χ1) is 9.65. The molecule has 0 aliphatic carbocycles. The van der Waals surface area contributed by atoms with E-state index in [0.717, 1.165) is 5.69 Å². The number of hydrogen-bond acceptors (Lipinski definition) is 5. The lowest BCUT2D eigenvalue weighted by Gasteiger charge is -2.10. The topological polar surface area (TPSA) is 61.6 Å². The van der Waals surface area contributed by atoms with E-state index in [1.165, 1.54) is 23.7 Å². The van der Waals surface area contributed by atoms with E-state index in [1.807, 2.05) is 18.4 Å². The van der Waals surface area contributed by atoms with Crippen LogP contribution in [0.25, 0.3) is 0 Å². The van der Waals surface area contributed by atoms with E-state index in [1.54, 1.807) is 0 Å². The summed E-state index contributed by atoms with van der Waals surface area (Å²) in [5.74, 6) is 1.05. The fraction of sp³-hybridized carbons (Fsp3) is 0.267. The Bertz CT molecular complexity index is 629. The predicted octanol–water partition coefficient (Wildman–Crippen LogP) is 3.94. The first-order valence-electron chi connectivity index (χ1n) is 6.31. The zero-order valence-electron chi connectivity index (χ0n) is 11.7. The van der Waals surface area contributed by atoms with E-state index >= 15 is 0 Å². The number of aromatic nitrogens is 2. The molecule has 1 N–H and O–H groups in total. The first kappa shape index (κ1) is 14.4. The van der Waals surface area contributed by atoms with Crippen LogP contribution in [0, 0.1) is 11.3 Å². The standard InChI is InChI=1S/C15H16N4S/c1-10(2)11-4-6-12(7-5-11)19-14-13(8-16)15(20-3)18-9-17-14/h4-7,9-10H,1-3H3,(H,17,18,19). The third kappa shape index (κ3) is 3.09. The van der Waals surface area contributed by atoms with Crippen molar-refractivity contribution in [2.75, 3.05) is 11.6 Å². The van der Waals surface area contributed by atoms with Gasteiger partial charge in [0, 0.05) is 5.69 Å². The van der Waals surface area contributed by atoms with E-state index in [-0.39, 0.29) is 0 Å². The van der Waals surface area contributed by atoms with E-state index in [0.29, 0.717) is 22.3 Å². The molecular weight excluding hydrogens is 268 g/mol. The lowest BCUT2D eigenvalue weighted by molar-refractivity contribution is 0.867. The molecule has 20 heavy (non-hydrogen) atoms. The largest absolute Gasteiger partial charge is 0.339 e. The van der Waals surface area contributed by atoms with Crippen molar-refractivity contribution in [3.05, 3.63) is 41.7 Å². The van der Waals surface area contributed by atoms with Gasteiger partial charge in [-0.2, -0.15) is 5.26 Å². The van der Waals surface area contributed by atoms with Crippen molar-refractivity contribution >= 4 is 23.3 Å². The van der Waals surface area contributed by atoms with Gasteiger partial charge in [-0.1, -0.05) is 26.0 Å². The van der Waals surface area contributed by atoms with Crippen LogP contribution in [0.4, 0.5) is 11.5 Å². The van der Waals surface area contributed by atoms with Gasteiger partial charge in [0.25, 0.3) is 0 Å². The van der Waals surface area contributed by atoms with Gasteiger partial charge in [0.05, 0.1) is 0 Å². The first-order valence-corrected chi connectivity index (χ1v) is 7.54. The molecule has 0 fully saturated rings. The number of nitrogens with one attached hydrogen (secondary N) is 1. The van der Waals surface area contributed by atoms with Crippen molar-refractivity contribution in [2.24, 2.45) is 0 Å². The summed E-state index contributed by atoms with van der Waals surface area (Å²) in [6.07, 6.45) is 3.36. The molecule has 0 saturated carbocycles. The van der Waals surface area contributed by atoms with Crippen LogP contribution in [0.2, 0.25) is 0 Å². The Morgan fingerprint density at radius 3 is 2.45 bits per heavy atom. The molecule has 2 rings (SSSR count). The van der Waals surface area contributed by atoms with Crippen LogP contribution in [0.3, 0.4) is 0 Å². The summed E-state index contributed by atoms with van der Waals surface area (Å²) >= 11 is 1.44. The second-order valence-electron chi connectivity index (χ2n) is 4.62. The van der Waals surface area contributed by atoms with Gasteiger partial charge in [-0.3, -0.25) is 0 Å². The lowest BCUT2D eigenvalue weighted by Crippen LogP contribution is -2.00. The van der Waals surface area contributed by atoms with Gasteiger partial charge in [0.1, 0.15) is 23.0 Å². The van der Waals surface area contributed by atoms with Crippen molar-refractivity contribution in [1.29, 1.82) is 5.26 Å². The molecule has 0 unspecified atom stereocenters. The van der Waals surface area contributed by atoms with Gasteiger partial charge in [-0.25, -0.2) is 9.97 Å². The number of anilines is 2. The van der Waals surface area contributed by atoms with Gasteiger partial charge in [-0.15, -0.1) is 11.8 Å². The quantitative estimate of drug-likeness (QED) is 0.680. The Labute approximate surface area is 123 Å². The summed E-state index contributed by atoms with van der Waals surface area (Å²) in [4.78, 5) is 8.25. The van der Waals surface area contributed by atoms with Crippen LogP contribution in [0.15, 0.2) is 35.6 Å². The second-order valence-corrected chi connectivity index (χ2v) is 5.42. The molecule has 0 bridgehead atoms. The average Bonchev–Trinajstić information content (AvgIpc) is 2.47. The van der Waals surface area contributed by atoms with Crippen LogP contribution in [-0.4, -0.2) is 16.2 Å². The fourth-order valence-electron chi connectivity index (χ4n) is 1.81. The number of benzene rings is 1. The fourth-order valence-corrected chi connectivity index (χ4v) is 2.31. The Morgan fingerprint density at radius 1 is 1.20 bits per heavy atom. The van der Waals surface area contributed by atoms with E-state index in [4.69, 9.17) is 0 Å². The summed E-state index contributed by atoms with van der Waals surface area (Å²) < 4.78 is 0. The predicted molar refractivity (Wildman–Crippen MR) is 82.3 cm³/mol. The zero-order valence-corrected chi connectivity index (χ0v) is 12.5. The summed E-state index contributed by atoms with van der Waals surface area (Å²) in [5.41, 5.74) is 2.67. The Balaban J connectivity index is 2.28. The molecule has 2 aromatic rings. The zero-order chi connectivity index (χ0) is 14.5. The number of rotatable bonds is 4. The van der Waals surface area contributed by atoms with E-state index < -0.39 is 0 Å². The van der Waals surface area contributed by atoms with Crippen LogP contribution < -0.4 is 5.32 Å².